The lowest BCUT2D eigenvalue weighted by molar-refractivity contribution is 0.0372. The van der Waals surface area contributed by atoms with Crippen LogP contribution in [0.3, 0.4) is 0 Å². The number of nitrogens with zero attached hydrogens (tertiary/aromatic N) is 1. The molecule has 0 unspecified atom stereocenters. The molecule has 0 radical (unpaired) electrons. The average Bonchev–Trinajstić information content (AvgIpc) is 2.08. The fraction of sp³-hybridized carbons (Fsp3) is 0.800. The van der Waals surface area contributed by atoms with Gasteiger partial charge in [0, 0.05) is 6.54 Å². The van der Waals surface area contributed by atoms with E-state index in [1.165, 1.54) is 0 Å². The molecule has 0 heterocycles. The minimum absolute atomic E-state index is 0.473. The molecule has 0 aliphatic rings. The standard InChI is InChI=1S/C10H18N2O2S/c1-10(2,14-9(11)13)6-4-3-5-7-12-8-15/h3-7H2,1-2H3,(H2,11,13). The highest BCUT2D eigenvalue weighted by atomic mass is 32.1. The van der Waals surface area contributed by atoms with Crippen LogP contribution in [0.1, 0.15) is 39.5 Å². The third-order valence-corrected chi connectivity index (χ3v) is 2.12. The van der Waals surface area contributed by atoms with Crippen molar-refractivity contribution in [3.8, 4) is 0 Å². The quantitative estimate of drug-likeness (QED) is 0.415. The Morgan fingerprint density at radius 3 is 2.67 bits per heavy atom. The van der Waals surface area contributed by atoms with Crippen LogP contribution < -0.4 is 5.73 Å². The Morgan fingerprint density at radius 2 is 2.13 bits per heavy atom. The van der Waals surface area contributed by atoms with E-state index in [9.17, 15) is 4.79 Å². The summed E-state index contributed by atoms with van der Waals surface area (Å²) >= 11 is 4.45. The Bertz CT molecular complexity index is 248. The van der Waals surface area contributed by atoms with Crippen LogP contribution in [0.4, 0.5) is 4.79 Å². The van der Waals surface area contributed by atoms with E-state index in [-0.39, 0.29) is 0 Å². The fourth-order valence-electron chi connectivity index (χ4n) is 1.29. The molecule has 0 atom stereocenters. The molecule has 0 bridgehead atoms. The van der Waals surface area contributed by atoms with Crippen molar-refractivity contribution in [2.75, 3.05) is 6.54 Å². The Morgan fingerprint density at radius 1 is 1.47 bits per heavy atom. The summed E-state index contributed by atoms with van der Waals surface area (Å²) in [5.74, 6) is 0. The van der Waals surface area contributed by atoms with Gasteiger partial charge in [-0.25, -0.2) is 9.79 Å². The predicted molar refractivity (Wildman–Crippen MR) is 63.1 cm³/mol. The summed E-state index contributed by atoms with van der Waals surface area (Å²) in [7, 11) is 0. The van der Waals surface area contributed by atoms with Crippen LogP contribution >= 0.6 is 12.2 Å². The number of isothiocyanates is 1. The van der Waals surface area contributed by atoms with Gasteiger partial charge < -0.3 is 10.5 Å². The van der Waals surface area contributed by atoms with Gasteiger partial charge in [-0.05, 0) is 45.3 Å². The topological polar surface area (TPSA) is 64.7 Å². The van der Waals surface area contributed by atoms with Crippen molar-refractivity contribution in [3.63, 3.8) is 0 Å². The van der Waals surface area contributed by atoms with Crippen molar-refractivity contribution in [3.05, 3.63) is 0 Å². The van der Waals surface area contributed by atoms with Crippen molar-refractivity contribution >= 4 is 23.5 Å². The maximum absolute atomic E-state index is 10.6. The zero-order valence-electron chi connectivity index (χ0n) is 9.28. The summed E-state index contributed by atoms with van der Waals surface area (Å²) in [6, 6.07) is 0. The fourth-order valence-corrected chi connectivity index (χ4v) is 1.38. The van der Waals surface area contributed by atoms with Gasteiger partial charge in [0.2, 0.25) is 0 Å². The van der Waals surface area contributed by atoms with E-state index in [4.69, 9.17) is 10.5 Å². The van der Waals surface area contributed by atoms with Gasteiger partial charge in [0.05, 0.1) is 5.16 Å². The van der Waals surface area contributed by atoms with E-state index >= 15 is 0 Å². The molecule has 86 valence electrons. The Kier molecular flexibility index (Phi) is 6.92. The minimum atomic E-state index is -0.717. The van der Waals surface area contributed by atoms with Gasteiger partial charge in [0.15, 0.2) is 0 Å². The van der Waals surface area contributed by atoms with Crippen LogP contribution in [0, 0.1) is 0 Å². The highest BCUT2D eigenvalue weighted by molar-refractivity contribution is 7.78. The monoisotopic (exact) mass is 230 g/mol. The zero-order chi connectivity index (χ0) is 11.7. The second-order valence-corrected chi connectivity index (χ2v) is 4.15. The molecule has 0 aromatic heterocycles. The van der Waals surface area contributed by atoms with E-state index < -0.39 is 11.7 Å². The molecule has 2 N–H and O–H groups in total. The normalized spacial score (nSPS) is 10.5. The van der Waals surface area contributed by atoms with E-state index in [1.807, 2.05) is 13.8 Å². The molecular formula is C10H18N2O2S. The Hall–Kier alpha value is -0.930. The van der Waals surface area contributed by atoms with Crippen LogP contribution in [-0.2, 0) is 4.74 Å². The van der Waals surface area contributed by atoms with Gasteiger partial charge in [0.25, 0.3) is 0 Å². The Balaban J connectivity index is 3.56. The number of carbonyl (C=O) groups is 1. The number of ether oxygens (including phenoxy) is 1. The first-order valence-corrected chi connectivity index (χ1v) is 5.41. The van der Waals surface area contributed by atoms with Crippen LogP contribution in [0.15, 0.2) is 4.99 Å². The van der Waals surface area contributed by atoms with E-state index in [0.717, 1.165) is 32.2 Å². The summed E-state index contributed by atoms with van der Waals surface area (Å²) in [4.78, 5) is 14.4. The molecule has 0 aromatic carbocycles. The molecule has 0 fully saturated rings. The maximum Gasteiger partial charge on any atom is 0.405 e. The number of rotatable bonds is 7. The molecule has 0 rings (SSSR count). The minimum Gasteiger partial charge on any atom is -0.444 e. The molecular weight excluding hydrogens is 212 g/mol. The van der Waals surface area contributed by atoms with Crippen molar-refractivity contribution in [2.24, 2.45) is 10.7 Å². The third-order valence-electron chi connectivity index (χ3n) is 1.99. The number of hydrogen-bond donors (Lipinski definition) is 1. The highest BCUT2D eigenvalue weighted by Gasteiger charge is 2.20. The summed E-state index contributed by atoms with van der Waals surface area (Å²) in [5, 5.41) is 2.32. The van der Waals surface area contributed by atoms with Crippen LogP contribution in [0.5, 0.6) is 0 Å². The number of aliphatic imine (C=N–C) groups is 1. The first-order chi connectivity index (χ1) is 6.98. The molecule has 0 spiro atoms. The van der Waals surface area contributed by atoms with E-state index in [2.05, 4.69) is 22.4 Å². The summed E-state index contributed by atoms with van der Waals surface area (Å²) in [5.41, 5.74) is 4.48. The lowest BCUT2D eigenvalue weighted by Crippen LogP contribution is -2.30. The number of carbonyl (C=O) groups excluding carboxylic acids is 1. The van der Waals surface area contributed by atoms with Gasteiger partial charge in [0.1, 0.15) is 5.60 Å². The average molecular weight is 230 g/mol. The molecule has 0 saturated carbocycles. The summed E-state index contributed by atoms with van der Waals surface area (Å²) in [6.45, 7) is 4.43. The first kappa shape index (κ1) is 14.1. The molecule has 4 nitrogen and oxygen atoms in total. The van der Waals surface area contributed by atoms with Crippen molar-refractivity contribution < 1.29 is 9.53 Å². The highest BCUT2D eigenvalue weighted by Crippen LogP contribution is 2.18. The Labute approximate surface area is 95.9 Å². The van der Waals surface area contributed by atoms with Crippen molar-refractivity contribution in [1.82, 2.24) is 0 Å². The molecule has 0 saturated heterocycles. The number of amides is 1. The van der Waals surface area contributed by atoms with Gasteiger partial charge in [-0.2, -0.15) is 0 Å². The number of thiocarbonyl (C=S) groups is 1. The number of hydrogen-bond acceptors (Lipinski definition) is 4. The van der Waals surface area contributed by atoms with E-state index in [1.54, 1.807) is 0 Å². The first-order valence-electron chi connectivity index (χ1n) is 5.00. The van der Waals surface area contributed by atoms with Crippen LogP contribution in [-0.4, -0.2) is 23.4 Å². The second kappa shape index (κ2) is 7.37. The molecule has 0 aromatic rings. The maximum atomic E-state index is 10.6. The van der Waals surface area contributed by atoms with Crippen LogP contribution in [0.2, 0.25) is 0 Å². The second-order valence-electron chi connectivity index (χ2n) is 3.96. The van der Waals surface area contributed by atoms with E-state index in [0.29, 0.717) is 0 Å². The smallest absolute Gasteiger partial charge is 0.405 e. The van der Waals surface area contributed by atoms with Crippen molar-refractivity contribution in [1.29, 1.82) is 0 Å². The number of primary amides is 1. The van der Waals surface area contributed by atoms with Crippen molar-refractivity contribution in [2.45, 2.75) is 45.1 Å². The van der Waals surface area contributed by atoms with Gasteiger partial charge in [-0.1, -0.05) is 6.42 Å². The van der Waals surface area contributed by atoms with Gasteiger partial charge >= 0.3 is 6.09 Å². The molecule has 1 amide bonds. The number of nitrogens with two attached hydrogens (primary N) is 1. The number of unbranched alkanes of at least 4 members (excludes halogenated alkanes) is 2. The SMILES string of the molecule is CC(C)(CCCCCN=C=S)OC(N)=O. The predicted octanol–water partition coefficient (Wildman–Crippen LogP) is 2.52. The lowest BCUT2D eigenvalue weighted by atomic mass is 10.0. The third kappa shape index (κ3) is 9.38. The molecule has 5 heteroatoms. The molecule has 0 aliphatic carbocycles. The lowest BCUT2D eigenvalue weighted by Gasteiger charge is -2.23. The largest absolute Gasteiger partial charge is 0.444 e. The molecule has 15 heavy (non-hydrogen) atoms. The zero-order valence-corrected chi connectivity index (χ0v) is 10.1. The van der Waals surface area contributed by atoms with Gasteiger partial charge in [-0.15, -0.1) is 0 Å². The molecule has 0 aliphatic heterocycles. The van der Waals surface area contributed by atoms with Gasteiger partial charge in [-0.3, -0.25) is 0 Å². The summed E-state index contributed by atoms with van der Waals surface area (Å²) < 4.78 is 4.95. The van der Waals surface area contributed by atoms with Crippen LogP contribution in [0.25, 0.3) is 0 Å². The summed E-state index contributed by atoms with van der Waals surface area (Å²) in [6.07, 6.45) is 3.08.